The van der Waals surface area contributed by atoms with Crippen molar-refractivity contribution in [1.82, 2.24) is 20.3 Å². The number of hydrogen-bond acceptors (Lipinski definition) is 7. The number of aromatic hydroxyl groups is 1. The molecule has 2 N–H and O–H groups in total. The second-order valence-electron chi connectivity index (χ2n) is 9.11. The molecular formula is C28H22FN5O2. The van der Waals surface area contributed by atoms with Crippen LogP contribution in [0.1, 0.15) is 24.1 Å². The molecule has 2 atom stereocenters. The third-order valence-electron chi connectivity index (χ3n) is 6.95. The number of rotatable bonds is 3. The van der Waals surface area contributed by atoms with E-state index in [2.05, 4.69) is 37.0 Å². The molecule has 0 amide bonds. The lowest BCUT2D eigenvalue weighted by atomic mass is 9.96. The number of nitrogens with one attached hydrogen (secondary N) is 1. The van der Waals surface area contributed by atoms with E-state index in [0.29, 0.717) is 58.3 Å². The van der Waals surface area contributed by atoms with Crippen LogP contribution in [-0.2, 0) is 0 Å². The van der Waals surface area contributed by atoms with E-state index in [-0.39, 0.29) is 28.7 Å². The number of ether oxygens (including phenoxy) is 1. The van der Waals surface area contributed by atoms with Gasteiger partial charge >= 0.3 is 6.01 Å². The second-order valence-corrected chi connectivity index (χ2v) is 9.11. The van der Waals surface area contributed by atoms with Crippen LogP contribution in [0, 0.1) is 30.5 Å². The number of nitrogens with zero attached hydrogens (tertiary/aromatic N) is 4. The summed E-state index contributed by atoms with van der Waals surface area (Å²) in [5.74, 6) is 5.01. The zero-order valence-electron chi connectivity index (χ0n) is 19.5. The molecular weight excluding hydrogens is 457 g/mol. The van der Waals surface area contributed by atoms with Crippen LogP contribution >= 0.6 is 0 Å². The number of anilines is 1. The molecule has 8 heteroatoms. The van der Waals surface area contributed by atoms with Gasteiger partial charge in [0.25, 0.3) is 0 Å². The largest absolute Gasteiger partial charge is 0.508 e. The molecule has 2 aliphatic heterocycles. The zero-order chi connectivity index (χ0) is 25.0. The predicted octanol–water partition coefficient (Wildman–Crippen LogP) is 3.60. The van der Waals surface area contributed by atoms with Crippen LogP contribution < -0.4 is 15.0 Å². The predicted molar refractivity (Wildman–Crippen MR) is 136 cm³/mol. The number of methoxy groups -OCH3 is 1. The molecule has 2 unspecified atom stereocenters. The number of pyridine rings is 1. The lowest BCUT2D eigenvalue weighted by Crippen LogP contribution is -2.51. The molecule has 36 heavy (non-hydrogen) atoms. The van der Waals surface area contributed by atoms with Crippen molar-refractivity contribution in [2.24, 2.45) is 0 Å². The van der Waals surface area contributed by atoms with E-state index in [1.54, 1.807) is 24.3 Å². The molecule has 0 radical (unpaired) electrons. The van der Waals surface area contributed by atoms with E-state index in [1.165, 1.54) is 13.2 Å². The minimum Gasteiger partial charge on any atom is -0.508 e. The van der Waals surface area contributed by atoms with Crippen molar-refractivity contribution in [2.45, 2.75) is 24.9 Å². The Bertz CT molecular complexity index is 1630. The maximum absolute atomic E-state index is 16.4. The van der Waals surface area contributed by atoms with Gasteiger partial charge in [0.2, 0.25) is 0 Å². The molecule has 2 aliphatic rings. The highest BCUT2D eigenvalue weighted by atomic mass is 19.1. The van der Waals surface area contributed by atoms with Gasteiger partial charge in [0.1, 0.15) is 28.5 Å². The van der Waals surface area contributed by atoms with E-state index < -0.39 is 5.82 Å². The Morgan fingerprint density at radius 1 is 1.08 bits per heavy atom. The van der Waals surface area contributed by atoms with Crippen molar-refractivity contribution in [2.75, 3.05) is 25.1 Å². The van der Waals surface area contributed by atoms with E-state index in [1.807, 2.05) is 0 Å². The molecule has 2 bridgehead atoms. The highest BCUT2D eigenvalue weighted by molar-refractivity contribution is 6.03. The SMILES string of the molecule is C#Cc1cccc2cc(O)cc(-c3nc(C#C)c4c(N5CC6CCC(C5)N6)nc(OC)nc4c3F)c12. The van der Waals surface area contributed by atoms with Crippen molar-refractivity contribution >= 4 is 27.5 Å². The number of aromatic nitrogens is 3. The van der Waals surface area contributed by atoms with Gasteiger partial charge < -0.3 is 20.1 Å². The van der Waals surface area contributed by atoms with Crippen molar-refractivity contribution < 1.29 is 14.2 Å². The van der Waals surface area contributed by atoms with Crippen molar-refractivity contribution in [3.05, 3.63) is 47.4 Å². The average Bonchev–Trinajstić information content (AvgIpc) is 3.24. The first-order valence-corrected chi connectivity index (χ1v) is 11.7. The van der Waals surface area contributed by atoms with Crippen LogP contribution in [0.15, 0.2) is 30.3 Å². The molecule has 0 saturated carbocycles. The molecule has 2 aromatic carbocycles. The Hall–Kier alpha value is -4.40. The Balaban J connectivity index is 1.66. The molecule has 6 rings (SSSR count). The number of benzene rings is 2. The molecule has 178 valence electrons. The molecule has 7 nitrogen and oxygen atoms in total. The number of piperazine rings is 1. The Morgan fingerprint density at radius 2 is 1.86 bits per heavy atom. The Kier molecular flexibility index (Phi) is 5.13. The number of hydrogen-bond donors (Lipinski definition) is 2. The average molecular weight is 480 g/mol. The summed E-state index contributed by atoms with van der Waals surface area (Å²) in [6.07, 6.45) is 13.8. The third kappa shape index (κ3) is 3.38. The molecule has 0 aliphatic carbocycles. The van der Waals surface area contributed by atoms with Crippen molar-refractivity contribution in [3.8, 4) is 47.7 Å². The van der Waals surface area contributed by atoms with Gasteiger partial charge in [-0.25, -0.2) is 9.37 Å². The first-order chi connectivity index (χ1) is 17.5. The van der Waals surface area contributed by atoms with E-state index in [0.717, 1.165) is 12.8 Å². The van der Waals surface area contributed by atoms with Gasteiger partial charge in [-0.15, -0.1) is 12.8 Å². The summed E-state index contributed by atoms with van der Waals surface area (Å²) in [6.45, 7) is 1.42. The summed E-state index contributed by atoms with van der Waals surface area (Å²) in [6, 6.07) is 9.03. The fourth-order valence-corrected chi connectivity index (χ4v) is 5.43. The van der Waals surface area contributed by atoms with Crippen LogP contribution in [0.5, 0.6) is 11.8 Å². The normalized spacial score (nSPS) is 18.8. The van der Waals surface area contributed by atoms with Gasteiger partial charge in [0, 0.05) is 41.7 Å². The summed E-state index contributed by atoms with van der Waals surface area (Å²) < 4.78 is 21.7. The van der Waals surface area contributed by atoms with Crippen molar-refractivity contribution in [1.29, 1.82) is 0 Å². The van der Waals surface area contributed by atoms with E-state index in [4.69, 9.17) is 17.6 Å². The first-order valence-electron chi connectivity index (χ1n) is 11.7. The zero-order valence-corrected chi connectivity index (χ0v) is 19.5. The lowest BCUT2D eigenvalue weighted by Gasteiger charge is -2.34. The molecule has 4 aromatic rings. The number of halogens is 1. The van der Waals surface area contributed by atoms with E-state index >= 15 is 4.39 Å². The fourth-order valence-electron chi connectivity index (χ4n) is 5.43. The van der Waals surface area contributed by atoms with Gasteiger partial charge in [-0.3, -0.25) is 0 Å². The minimum absolute atomic E-state index is 0.00959. The summed E-state index contributed by atoms with van der Waals surface area (Å²) in [5.41, 5.74) is 1.04. The van der Waals surface area contributed by atoms with Crippen LogP contribution in [0.3, 0.4) is 0 Å². The number of phenolic OH excluding ortho intramolecular Hbond substituents is 1. The smallest absolute Gasteiger partial charge is 0.318 e. The van der Waals surface area contributed by atoms with Crippen LogP contribution in [-0.4, -0.2) is 52.3 Å². The van der Waals surface area contributed by atoms with Crippen molar-refractivity contribution in [3.63, 3.8) is 0 Å². The molecule has 0 spiro atoms. The summed E-state index contributed by atoms with van der Waals surface area (Å²) in [5, 5.41) is 15.6. The summed E-state index contributed by atoms with van der Waals surface area (Å²) in [4.78, 5) is 15.6. The van der Waals surface area contributed by atoms with E-state index in [9.17, 15) is 5.11 Å². The number of terminal acetylenes is 2. The van der Waals surface area contributed by atoms with Gasteiger partial charge in [-0.1, -0.05) is 18.1 Å². The van der Waals surface area contributed by atoms with Gasteiger partial charge in [-0.05, 0) is 42.3 Å². The summed E-state index contributed by atoms with van der Waals surface area (Å²) in [7, 11) is 1.44. The monoisotopic (exact) mass is 479 g/mol. The maximum atomic E-state index is 16.4. The van der Waals surface area contributed by atoms with Gasteiger partial charge in [0.15, 0.2) is 5.82 Å². The molecule has 4 heterocycles. The maximum Gasteiger partial charge on any atom is 0.318 e. The molecule has 2 saturated heterocycles. The van der Waals surface area contributed by atoms with Crippen LogP contribution in [0.2, 0.25) is 0 Å². The molecule has 2 aromatic heterocycles. The standard InChI is InChI=1S/C28H22FN5O2/c1-4-15-7-6-8-16-11-19(35)12-20(22(15)16)25-24(29)26-23(21(5-2)31-25)27(33-28(32-26)36-3)34-13-17-9-10-18(14-34)30-17/h1-2,6-8,11-12,17-18,30,35H,9-10,13-14H2,3H3. The lowest BCUT2D eigenvalue weighted by molar-refractivity contribution is 0.380. The Morgan fingerprint density at radius 3 is 2.56 bits per heavy atom. The third-order valence-corrected chi connectivity index (χ3v) is 6.95. The minimum atomic E-state index is -0.692. The van der Waals surface area contributed by atoms with Crippen LogP contribution in [0.25, 0.3) is 32.9 Å². The van der Waals surface area contributed by atoms with Gasteiger partial charge in [0.05, 0.1) is 12.5 Å². The highest BCUT2D eigenvalue weighted by Gasteiger charge is 2.35. The van der Waals surface area contributed by atoms with Crippen LogP contribution in [0.4, 0.5) is 10.2 Å². The highest BCUT2D eigenvalue weighted by Crippen LogP contribution is 2.39. The quantitative estimate of drug-likeness (QED) is 0.435. The second kappa shape index (κ2) is 8.37. The number of fused-ring (bicyclic) bond motifs is 4. The molecule has 2 fully saturated rings. The number of phenols is 1. The Labute approximate surface area is 207 Å². The first kappa shape index (κ1) is 22.1. The van der Waals surface area contributed by atoms with Gasteiger partial charge in [-0.2, -0.15) is 9.97 Å². The topological polar surface area (TPSA) is 83.4 Å². The summed E-state index contributed by atoms with van der Waals surface area (Å²) >= 11 is 0. The fraction of sp³-hybridized carbons (Fsp3) is 0.250.